The summed E-state index contributed by atoms with van der Waals surface area (Å²) < 4.78 is 2.02. The third kappa shape index (κ3) is 1.63. The average Bonchev–Trinajstić information content (AvgIpc) is 2.97. The van der Waals surface area contributed by atoms with Crippen LogP contribution >= 0.6 is 11.3 Å². The van der Waals surface area contributed by atoms with Crippen LogP contribution < -0.4 is 5.73 Å². The summed E-state index contributed by atoms with van der Waals surface area (Å²) in [6.07, 6.45) is 2.03. The highest BCUT2D eigenvalue weighted by Crippen LogP contribution is 2.27. The van der Waals surface area contributed by atoms with Crippen molar-refractivity contribution in [2.24, 2.45) is 12.8 Å². The monoisotopic (exact) mass is 258 g/mol. The third-order valence-electron chi connectivity index (χ3n) is 3.04. The first-order valence-electron chi connectivity index (χ1n) is 5.77. The van der Waals surface area contributed by atoms with Gasteiger partial charge in [-0.05, 0) is 23.9 Å². The molecule has 3 aromatic rings. The molecule has 0 saturated heterocycles. The van der Waals surface area contributed by atoms with Gasteiger partial charge in [0.05, 0.1) is 10.6 Å². The fourth-order valence-electron chi connectivity index (χ4n) is 2.22. The van der Waals surface area contributed by atoms with E-state index in [4.69, 9.17) is 5.73 Å². The third-order valence-corrected chi connectivity index (χ3v) is 3.90. The molecule has 0 amide bonds. The number of nitrogens with zero attached hydrogens (tertiary/aromatic N) is 3. The van der Waals surface area contributed by atoms with Crippen LogP contribution in [0.5, 0.6) is 0 Å². The first-order valence-corrected chi connectivity index (χ1v) is 6.65. The maximum Gasteiger partial charge on any atom is 0.171 e. The van der Waals surface area contributed by atoms with Gasteiger partial charge in [0.15, 0.2) is 5.82 Å². The molecule has 0 aliphatic rings. The molecule has 0 radical (unpaired) electrons. The molecule has 0 spiro atoms. The van der Waals surface area contributed by atoms with Gasteiger partial charge in [-0.3, -0.25) is 0 Å². The van der Waals surface area contributed by atoms with E-state index in [-0.39, 0.29) is 0 Å². The highest BCUT2D eigenvalue weighted by Gasteiger charge is 2.13. The normalized spacial score (nSPS) is 11.3. The van der Waals surface area contributed by atoms with Crippen molar-refractivity contribution in [3.05, 3.63) is 35.0 Å². The average molecular weight is 258 g/mol. The lowest BCUT2D eigenvalue weighted by Crippen LogP contribution is -1.98. The van der Waals surface area contributed by atoms with Gasteiger partial charge >= 0.3 is 0 Å². The highest BCUT2D eigenvalue weighted by atomic mass is 32.1. The molecule has 4 nitrogen and oxygen atoms in total. The molecule has 0 atom stereocenters. The Kier molecular flexibility index (Phi) is 2.65. The van der Waals surface area contributed by atoms with Crippen molar-refractivity contribution in [3.8, 4) is 10.7 Å². The van der Waals surface area contributed by atoms with Crippen molar-refractivity contribution in [2.75, 3.05) is 0 Å². The van der Waals surface area contributed by atoms with Crippen LogP contribution in [0.25, 0.3) is 21.7 Å². The smallest absolute Gasteiger partial charge is 0.171 e. The molecular formula is C13H14N4S. The molecule has 3 heterocycles. The molecule has 0 saturated carbocycles. The molecule has 0 bridgehead atoms. The van der Waals surface area contributed by atoms with Gasteiger partial charge in [-0.1, -0.05) is 6.07 Å². The lowest BCUT2D eigenvalue weighted by molar-refractivity contribution is 0.931. The predicted molar refractivity (Wildman–Crippen MR) is 74.5 cm³/mol. The number of hydrogen-bond donors (Lipinski definition) is 1. The van der Waals surface area contributed by atoms with Crippen LogP contribution in [0.1, 0.15) is 11.3 Å². The minimum atomic E-state index is 0.514. The number of rotatable bonds is 2. The van der Waals surface area contributed by atoms with Crippen molar-refractivity contribution < 1.29 is 0 Å². The second-order valence-electron chi connectivity index (χ2n) is 4.28. The van der Waals surface area contributed by atoms with Gasteiger partial charge in [-0.2, -0.15) is 0 Å². The number of nitrogens with two attached hydrogens (primary N) is 1. The summed E-state index contributed by atoms with van der Waals surface area (Å²) >= 11 is 1.65. The maximum absolute atomic E-state index is 5.76. The standard InChI is InChI=1S/C13H14N4S/c1-8-11-9(6-14)7-17(2)13(11)16-12(15-8)10-4-3-5-18-10/h3-5,7H,6,14H2,1-2H3. The zero-order chi connectivity index (χ0) is 12.7. The Morgan fingerprint density at radius 3 is 2.89 bits per heavy atom. The summed E-state index contributed by atoms with van der Waals surface area (Å²) in [5.41, 5.74) is 8.80. The fraction of sp³-hybridized carbons (Fsp3) is 0.231. The zero-order valence-corrected chi connectivity index (χ0v) is 11.2. The van der Waals surface area contributed by atoms with Gasteiger partial charge in [0.2, 0.25) is 0 Å². The van der Waals surface area contributed by atoms with Crippen LogP contribution in [0.3, 0.4) is 0 Å². The number of thiophene rings is 1. The summed E-state index contributed by atoms with van der Waals surface area (Å²) in [6.45, 7) is 2.53. The Morgan fingerprint density at radius 2 is 2.22 bits per heavy atom. The Labute approximate surface area is 109 Å². The molecule has 0 aliphatic heterocycles. The van der Waals surface area contributed by atoms with Gasteiger partial charge < -0.3 is 10.3 Å². The Balaban J connectivity index is 2.31. The molecule has 0 aliphatic carbocycles. The quantitative estimate of drug-likeness (QED) is 0.768. The van der Waals surface area contributed by atoms with E-state index >= 15 is 0 Å². The van der Waals surface area contributed by atoms with Crippen LogP contribution in [0, 0.1) is 6.92 Å². The number of aromatic nitrogens is 3. The largest absolute Gasteiger partial charge is 0.335 e. The molecule has 0 fully saturated rings. The second kappa shape index (κ2) is 4.19. The van der Waals surface area contributed by atoms with Gasteiger partial charge in [0.25, 0.3) is 0 Å². The van der Waals surface area contributed by atoms with Crippen LogP contribution in [-0.4, -0.2) is 14.5 Å². The molecular weight excluding hydrogens is 244 g/mol. The van der Waals surface area contributed by atoms with Crippen molar-refractivity contribution in [2.45, 2.75) is 13.5 Å². The lowest BCUT2D eigenvalue weighted by atomic mass is 10.2. The van der Waals surface area contributed by atoms with E-state index < -0.39 is 0 Å². The topological polar surface area (TPSA) is 56.7 Å². The van der Waals surface area contributed by atoms with Crippen molar-refractivity contribution >= 4 is 22.4 Å². The number of fused-ring (bicyclic) bond motifs is 1. The Morgan fingerprint density at radius 1 is 1.39 bits per heavy atom. The molecule has 3 aromatic heterocycles. The summed E-state index contributed by atoms with van der Waals surface area (Å²) in [7, 11) is 1.99. The van der Waals surface area contributed by atoms with Gasteiger partial charge in [0, 0.05) is 25.2 Å². The SMILES string of the molecule is Cc1nc(-c2cccs2)nc2c1c(CN)cn2C. The predicted octanol–water partition coefficient (Wildman–Crippen LogP) is 2.46. The Bertz CT molecular complexity index is 697. The first kappa shape index (κ1) is 11.4. The number of hydrogen-bond acceptors (Lipinski definition) is 4. The van der Waals surface area contributed by atoms with Gasteiger partial charge in [0.1, 0.15) is 5.65 Å². The van der Waals surface area contributed by atoms with Crippen LogP contribution in [-0.2, 0) is 13.6 Å². The first-order chi connectivity index (χ1) is 8.70. The molecule has 2 N–H and O–H groups in total. The Hall–Kier alpha value is -1.72. The van der Waals surface area contributed by atoms with Crippen LogP contribution in [0.2, 0.25) is 0 Å². The van der Waals surface area contributed by atoms with E-state index in [1.807, 2.05) is 42.2 Å². The minimum Gasteiger partial charge on any atom is -0.335 e. The molecule has 3 rings (SSSR count). The molecule has 5 heteroatoms. The van der Waals surface area contributed by atoms with Gasteiger partial charge in [-0.15, -0.1) is 11.3 Å². The summed E-state index contributed by atoms with van der Waals surface area (Å²) in [5.74, 6) is 0.791. The summed E-state index contributed by atoms with van der Waals surface area (Å²) in [4.78, 5) is 10.3. The lowest BCUT2D eigenvalue weighted by Gasteiger charge is -2.03. The van der Waals surface area contributed by atoms with E-state index in [2.05, 4.69) is 9.97 Å². The summed E-state index contributed by atoms with van der Waals surface area (Å²) in [5, 5.41) is 3.12. The van der Waals surface area contributed by atoms with Gasteiger partial charge in [-0.25, -0.2) is 9.97 Å². The van der Waals surface area contributed by atoms with Crippen molar-refractivity contribution in [1.82, 2.24) is 14.5 Å². The highest BCUT2D eigenvalue weighted by molar-refractivity contribution is 7.13. The minimum absolute atomic E-state index is 0.514. The van der Waals surface area contributed by atoms with Crippen molar-refractivity contribution in [3.63, 3.8) is 0 Å². The van der Waals surface area contributed by atoms with E-state index in [9.17, 15) is 0 Å². The zero-order valence-electron chi connectivity index (χ0n) is 10.3. The molecule has 0 unspecified atom stereocenters. The van der Waals surface area contributed by atoms with E-state index in [1.54, 1.807) is 11.3 Å². The second-order valence-corrected chi connectivity index (χ2v) is 5.23. The van der Waals surface area contributed by atoms with Crippen molar-refractivity contribution in [1.29, 1.82) is 0 Å². The van der Waals surface area contributed by atoms with E-state index in [0.717, 1.165) is 33.0 Å². The van der Waals surface area contributed by atoms with E-state index in [0.29, 0.717) is 6.54 Å². The van der Waals surface area contributed by atoms with E-state index in [1.165, 1.54) is 0 Å². The fourth-order valence-corrected chi connectivity index (χ4v) is 2.88. The summed E-state index contributed by atoms with van der Waals surface area (Å²) in [6, 6.07) is 4.05. The molecule has 92 valence electrons. The van der Waals surface area contributed by atoms with Crippen LogP contribution in [0.15, 0.2) is 23.7 Å². The maximum atomic E-state index is 5.76. The van der Waals surface area contributed by atoms with Crippen LogP contribution in [0.4, 0.5) is 0 Å². The molecule has 0 aromatic carbocycles. The number of aryl methyl sites for hydroxylation is 2. The molecule has 18 heavy (non-hydrogen) atoms.